The van der Waals surface area contributed by atoms with E-state index in [0.717, 1.165) is 10.2 Å². The molecule has 1 N–H and O–H groups in total. The van der Waals surface area contributed by atoms with E-state index >= 15 is 0 Å². The lowest BCUT2D eigenvalue weighted by Crippen LogP contribution is -2.13. The molecular weight excluding hydrogens is 437 g/mol. The highest BCUT2D eigenvalue weighted by Gasteiger charge is 2.15. The Bertz CT molecular complexity index is 788. The van der Waals surface area contributed by atoms with E-state index < -0.39 is 0 Å². The molecule has 6 heteroatoms. The van der Waals surface area contributed by atoms with E-state index in [1.165, 1.54) is 5.56 Å². The highest BCUT2D eigenvalue weighted by Crippen LogP contribution is 2.31. The summed E-state index contributed by atoms with van der Waals surface area (Å²) in [6.45, 7) is 6.96. The molecule has 0 atom stereocenters. The normalized spacial score (nSPS) is 11.3. The zero-order chi connectivity index (χ0) is 19.3. The first kappa shape index (κ1) is 21.1. The van der Waals surface area contributed by atoms with Gasteiger partial charge in [0.1, 0.15) is 5.75 Å². The largest absolute Gasteiger partial charge is 0.492 e. The maximum absolute atomic E-state index is 12.0. The van der Waals surface area contributed by atoms with Gasteiger partial charge in [0, 0.05) is 11.4 Å². The van der Waals surface area contributed by atoms with Crippen LogP contribution in [0.25, 0.3) is 0 Å². The fourth-order valence-electron chi connectivity index (χ4n) is 2.30. The molecule has 0 heterocycles. The predicted octanol–water partition coefficient (Wildman–Crippen LogP) is 6.85. The van der Waals surface area contributed by atoms with E-state index in [0.29, 0.717) is 35.2 Å². The van der Waals surface area contributed by atoms with Gasteiger partial charge >= 0.3 is 0 Å². The van der Waals surface area contributed by atoms with Crippen LogP contribution >= 0.6 is 39.1 Å². The van der Waals surface area contributed by atoms with Crippen LogP contribution in [0.2, 0.25) is 10.0 Å². The lowest BCUT2D eigenvalue weighted by Gasteiger charge is -2.20. The fourth-order valence-corrected chi connectivity index (χ4v) is 3.25. The van der Waals surface area contributed by atoms with Crippen molar-refractivity contribution in [2.24, 2.45) is 0 Å². The van der Waals surface area contributed by atoms with Crippen LogP contribution in [0, 0.1) is 0 Å². The molecule has 0 aromatic heterocycles. The number of carbonyl (C=O) groups is 1. The van der Waals surface area contributed by atoms with Crippen LogP contribution in [0.1, 0.15) is 39.2 Å². The maximum Gasteiger partial charge on any atom is 0.224 e. The topological polar surface area (TPSA) is 38.3 Å². The molecule has 0 saturated carbocycles. The van der Waals surface area contributed by atoms with E-state index in [1.54, 1.807) is 18.2 Å². The van der Waals surface area contributed by atoms with Crippen molar-refractivity contribution >= 4 is 50.7 Å². The van der Waals surface area contributed by atoms with Gasteiger partial charge in [0.15, 0.2) is 0 Å². The molecule has 0 saturated heterocycles. The lowest BCUT2D eigenvalue weighted by molar-refractivity contribution is -0.116. The number of carbonyl (C=O) groups excluding carboxylic acids is 1. The van der Waals surface area contributed by atoms with Crippen molar-refractivity contribution in [3.63, 3.8) is 0 Å². The van der Waals surface area contributed by atoms with Crippen molar-refractivity contribution in [2.75, 3.05) is 11.9 Å². The average Bonchev–Trinajstić information content (AvgIpc) is 2.54. The first-order valence-electron chi connectivity index (χ1n) is 8.34. The Kier molecular flexibility index (Phi) is 7.39. The van der Waals surface area contributed by atoms with Gasteiger partial charge in [-0.25, -0.2) is 0 Å². The van der Waals surface area contributed by atoms with E-state index in [1.807, 2.05) is 6.07 Å². The average molecular weight is 459 g/mol. The number of halogens is 3. The standard InChI is InChI=1S/C20H22BrCl2NO2/c1-20(2,3)13-6-9-18(15(21)11-13)26-10-4-5-19(25)24-17-8-7-14(22)12-16(17)23/h6-9,11-12H,4-5,10H2,1-3H3,(H,24,25). The minimum absolute atomic E-state index is 0.0854. The number of anilines is 1. The Hall–Kier alpha value is -1.23. The zero-order valence-corrected chi connectivity index (χ0v) is 18.1. The first-order valence-corrected chi connectivity index (χ1v) is 9.89. The molecule has 26 heavy (non-hydrogen) atoms. The van der Waals surface area contributed by atoms with Crippen LogP contribution in [0.15, 0.2) is 40.9 Å². The molecule has 0 unspecified atom stereocenters. The monoisotopic (exact) mass is 457 g/mol. The highest BCUT2D eigenvalue weighted by molar-refractivity contribution is 9.10. The number of amides is 1. The van der Waals surface area contributed by atoms with Crippen molar-refractivity contribution in [1.29, 1.82) is 0 Å². The second-order valence-corrected chi connectivity index (χ2v) is 8.72. The smallest absolute Gasteiger partial charge is 0.224 e. The molecule has 0 aliphatic rings. The number of rotatable bonds is 6. The molecule has 2 aromatic rings. The molecule has 0 spiro atoms. The van der Waals surface area contributed by atoms with Crippen LogP contribution in [-0.4, -0.2) is 12.5 Å². The van der Waals surface area contributed by atoms with Crippen molar-refractivity contribution in [3.05, 3.63) is 56.5 Å². The fraction of sp³-hybridized carbons (Fsp3) is 0.350. The van der Waals surface area contributed by atoms with E-state index in [4.69, 9.17) is 27.9 Å². The van der Waals surface area contributed by atoms with Gasteiger partial charge in [0.05, 0.1) is 21.8 Å². The third-order valence-electron chi connectivity index (χ3n) is 3.81. The Morgan fingerprint density at radius 1 is 1.15 bits per heavy atom. The van der Waals surface area contributed by atoms with E-state index in [2.05, 4.69) is 54.2 Å². The van der Waals surface area contributed by atoms with Crippen molar-refractivity contribution in [3.8, 4) is 5.75 Å². The zero-order valence-electron chi connectivity index (χ0n) is 15.0. The third-order valence-corrected chi connectivity index (χ3v) is 4.98. The molecule has 0 radical (unpaired) electrons. The van der Waals surface area contributed by atoms with Crippen molar-refractivity contribution < 1.29 is 9.53 Å². The van der Waals surface area contributed by atoms with E-state index in [-0.39, 0.29) is 11.3 Å². The molecular formula is C20H22BrCl2NO2. The quantitative estimate of drug-likeness (QED) is 0.480. The van der Waals surface area contributed by atoms with Crippen LogP contribution in [-0.2, 0) is 10.2 Å². The van der Waals surface area contributed by atoms with Gasteiger partial charge in [-0.15, -0.1) is 0 Å². The molecule has 0 bridgehead atoms. The van der Waals surface area contributed by atoms with Crippen LogP contribution in [0.5, 0.6) is 5.75 Å². The summed E-state index contributed by atoms with van der Waals surface area (Å²) in [5, 5.41) is 3.73. The second-order valence-electron chi connectivity index (χ2n) is 7.02. The van der Waals surface area contributed by atoms with Crippen molar-refractivity contribution in [1.82, 2.24) is 0 Å². The van der Waals surface area contributed by atoms with Gasteiger partial charge in [-0.05, 0) is 63.7 Å². The molecule has 0 fully saturated rings. The summed E-state index contributed by atoms with van der Waals surface area (Å²) in [7, 11) is 0. The van der Waals surface area contributed by atoms with Crippen LogP contribution in [0.3, 0.4) is 0 Å². The van der Waals surface area contributed by atoms with Crippen molar-refractivity contribution in [2.45, 2.75) is 39.0 Å². The van der Waals surface area contributed by atoms with Crippen LogP contribution in [0.4, 0.5) is 5.69 Å². The SMILES string of the molecule is CC(C)(C)c1ccc(OCCCC(=O)Nc2ccc(Cl)cc2Cl)c(Br)c1. The predicted molar refractivity (Wildman–Crippen MR) is 113 cm³/mol. The summed E-state index contributed by atoms with van der Waals surface area (Å²) >= 11 is 15.4. The molecule has 1 amide bonds. The number of ether oxygens (including phenoxy) is 1. The molecule has 0 aliphatic heterocycles. The molecule has 140 valence electrons. The highest BCUT2D eigenvalue weighted by atomic mass is 79.9. The third kappa shape index (κ3) is 6.19. The van der Waals surface area contributed by atoms with Gasteiger partial charge in [-0.3, -0.25) is 4.79 Å². The van der Waals surface area contributed by atoms with Gasteiger partial charge in [0.25, 0.3) is 0 Å². The van der Waals surface area contributed by atoms with Gasteiger partial charge < -0.3 is 10.1 Å². The minimum atomic E-state index is -0.111. The first-order chi connectivity index (χ1) is 12.2. The summed E-state index contributed by atoms with van der Waals surface area (Å²) in [4.78, 5) is 12.0. The molecule has 2 aromatic carbocycles. The second kappa shape index (κ2) is 9.12. The lowest BCUT2D eigenvalue weighted by atomic mass is 9.87. The van der Waals surface area contributed by atoms with E-state index in [9.17, 15) is 4.79 Å². The summed E-state index contributed by atoms with van der Waals surface area (Å²) in [6, 6.07) is 11.1. The Balaban J connectivity index is 1.80. The molecule has 3 nitrogen and oxygen atoms in total. The Labute approximate surface area is 173 Å². The number of hydrogen-bond donors (Lipinski definition) is 1. The van der Waals surface area contributed by atoms with Gasteiger partial charge in [0.2, 0.25) is 5.91 Å². The minimum Gasteiger partial charge on any atom is -0.492 e. The summed E-state index contributed by atoms with van der Waals surface area (Å²) in [6.07, 6.45) is 0.946. The number of hydrogen-bond acceptors (Lipinski definition) is 2. The number of nitrogens with one attached hydrogen (secondary N) is 1. The Morgan fingerprint density at radius 3 is 2.50 bits per heavy atom. The summed E-state index contributed by atoms with van der Waals surface area (Å²) < 4.78 is 6.69. The Morgan fingerprint density at radius 2 is 1.88 bits per heavy atom. The summed E-state index contributed by atoms with van der Waals surface area (Å²) in [5.41, 5.74) is 1.88. The van der Waals surface area contributed by atoms with Gasteiger partial charge in [-0.1, -0.05) is 50.0 Å². The number of benzene rings is 2. The van der Waals surface area contributed by atoms with Crippen LogP contribution < -0.4 is 10.1 Å². The van der Waals surface area contributed by atoms with Gasteiger partial charge in [-0.2, -0.15) is 0 Å². The maximum atomic E-state index is 12.0. The molecule has 2 rings (SSSR count). The molecule has 0 aliphatic carbocycles. The summed E-state index contributed by atoms with van der Waals surface area (Å²) in [5.74, 6) is 0.666.